The van der Waals surface area contributed by atoms with E-state index >= 15 is 0 Å². The van der Waals surface area contributed by atoms with E-state index in [1.165, 1.54) is 6.42 Å². The van der Waals surface area contributed by atoms with Gasteiger partial charge >= 0.3 is 0 Å². The lowest BCUT2D eigenvalue weighted by Gasteiger charge is -2.36. The number of nitrogens with zero attached hydrogens (tertiary/aromatic N) is 2. The van der Waals surface area contributed by atoms with Crippen molar-refractivity contribution in [3.05, 3.63) is 29.8 Å². The van der Waals surface area contributed by atoms with Crippen molar-refractivity contribution in [1.82, 2.24) is 4.90 Å². The highest BCUT2D eigenvalue weighted by molar-refractivity contribution is 5.94. The zero-order chi connectivity index (χ0) is 14.7. The molecular weight excluding hydrogens is 250 g/mol. The Morgan fingerprint density at radius 2 is 1.70 bits per heavy atom. The summed E-state index contributed by atoms with van der Waals surface area (Å²) in [6.45, 7) is 0. The largest absolute Gasteiger partial charge is 0.378 e. The summed E-state index contributed by atoms with van der Waals surface area (Å²) < 4.78 is 0. The zero-order valence-corrected chi connectivity index (χ0v) is 12.7. The molecule has 110 valence electrons. The van der Waals surface area contributed by atoms with Crippen molar-refractivity contribution >= 4 is 11.6 Å². The smallest absolute Gasteiger partial charge is 0.253 e. The van der Waals surface area contributed by atoms with Gasteiger partial charge in [-0.15, -0.1) is 0 Å². The Kier molecular flexibility index (Phi) is 4.65. The second-order valence-electron chi connectivity index (χ2n) is 5.87. The number of hydrogen-bond acceptors (Lipinski definition) is 3. The van der Waals surface area contributed by atoms with Crippen LogP contribution in [0.5, 0.6) is 0 Å². The number of anilines is 1. The predicted molar refractivity (Wildman–Crippen MR) is 83.1 cm³/mol. The van der Waals surface area contributed by atoms with Crippen LogP contribution in [0.2, 0.25) is 0 Å². The van der Waals surface area contributed by atoms with Gasteiger partial charge in [0.2, 0.25) is 0 Å². The number of likely N-dealkylation sites (N-methyl/N-ethyl adjacent to an activating group) is 1. The molecule has 1 aromatic carbocycles. The number of benzene rings is 1. The molecule has 0 saturated heterocycles. The van der Waals surface area contributed by atoms with Crippen molar-refractivity contribution < 1.29 is 4.79 Å². The van der Waals surface area contributed by atoms with Gasteiger partial charge < -0.3 is 15.5 Å². The van der Waals surface area contributed by atoms with Crippen molar-refractivity contribution in [2.45, 2.75) is 37.8 Å². The summed E-state index contributed by atoms with van der Waals surface area (Å²) in [4.78, 5) is 16.4. The summed E-state index contributed by atoms with van der Waals surface area (Å²) in [5.41, 5.74) is 7.99. The topological polar surface area (TPSA) is 49.6 Å². The summed E-state index contributed by atoms with van der Waals surface area (Å²) in [6.07, 6.45) is 4.37. The van der Waals surface area contributed by atoms with Crippen molar-refractivity contribution in [2.24, 2.45) is 5.73 Å². The first-order chi connectivity index (χ1) is 9.50. The van der Waals surface area contributed by atoms with Crippen LogP contribution in [0.25, 0.3) is 0 Å². The number of carbonyl (C=O) groups excluding carboxylic acids is 1. The number of hydrogen-bond donors (Lipinski definition) is 1. The van der Waals surface area contributed by atoms with Crippen molar-refractivity contribution in [1.29, 1.82) is 0 Å². The summed E-state index contributed by atoms with van der Waals surface area (Å²) in [6, 6.07) is 8.01. The van der Waals surface area contributed by atoms with Crippen LogP contribution in [0.15, 0.2) is 24.3 Å². The molecule has 0 bridgehead atoms. The Balaban J connectivity index is 2.09. The SMILES string of the molecule is CN(C)c1ccc(C(=O)N(C)C2CCCCC2N)cc1. The molecule has 2 atom stereocenters. The van der Waals surface area contributed by atoms with E-state index in [1.54, 1.807) is 0 Å². The number of carbonyl (C=O) groups is 1. The zero-order valence-electron chi connectivity index (χ0n) is 12.7. The lowest BCUT2D eigenvalue weighted by Crippen LogP contribution is -2.50. The van der Waals surface area contributed by atoms with Gasteiger partial charge in [-0.2, -0.15) is 0 Å². The fraction of sp³-hybridized carbons (Fsp3) is 0.562. The molecular formula is C16H25N3O. The summed E-state index contributed by atoms with van der Waals surface area (Å²) >= 11 is 0. The van der Waals surface area contributed by atoms with Gasteiger partial charge in [-0.05, 0) is 37.1 Å². The maximum atomic E-state index is 12.5. The van der Waals surface area contributed by atoms with Gasteiger partial charge in [-0.1, -0.05) is 12.8 Å². The van der Waals surface area contributed by atoms with E-state index in [0.29, 0.717) is 0 Å². The number of nitrogens with two attached hydrogens (primary N) is 1. The molecule has 1 saturated carbocycles. The first-order valence-corrected chi connectivity index (χ1v) is 7.31. The number of rotatable bonds is 3. The van der Waals surface area contributed by atoms with E-state index in [9.17, 15) is 4.79 Å². The highest BCUT2D eigenvalue weighted by atomic mass is 16.2. The quantitative estimate of drug-likeness (QED) is 0.919. The summed E-state index contributed by atoms with van der Waals surface area (Å²) in [5.74, 6) is 0.0673. The van der Waals surface area contributed by atoms with E-state index in [-0.39, 0.29) is 18.0 Å². The molecule has 4 heteroatoms. The third-order valence-electron chi connectivity index (χ3n) is 4.23. The molecule has 4 nitrogen and oxygen atoms in total. The average molecular weight is 275 g/mol. The Morgan fingerprint density at radius 3 is 2.25 bits per heavy atom. The van der Waals surface area contributed by atoms with E-state index in [2.05, 4.69) is 0 Å². The molecule has 1 fully saturated rings. The minimum Gasteiger partial charge on any atom is -0.378 e. The van der Waals surface area contributed by atoms with Crippen molar-refractivity contribution in [2.75, 3.05) is 26.0 Å². The van der Waals surface area contributed by atoms with Gasteiger partial charge in [0.05, 0.1) is 0 Å². The fourth-order valence-corrected chi connectivity index (χ4v) is 2.88. The van der Waals surface area contributed by atoms with Crippen LogP contribution in [0.1, 0.15) is 36.0 Å². The molecule has 0 heterocycles. The van der Waals surface area contributed by atoms with E-state index in [4.69, 9.17) is 5.73 Å². The Morgan fingerprint density at radius 1 is 1.10 bits per heavy atom. The van der Waals surface area contributed by atoms with Crippen LogP contribution in [-0.2, 0) is 0 Å². The first kappa shape index (κ1) is 14.9. The van der Waals surface area contributed by atoms with E-state index < -0.39 is 0 Å². The second-order valence-corrected chi connectivity index (χ2v) is 5.87. The lowest BCUT2D eigenvalue weighted by atomic mass is 9.90. The van der Waals surface area contributed by atoms with Gasteiger partial charge in [0.15, 0.2) is 0 Å². The highest BCUT2D eigenvalue weighted by Crippen LogP contribution is 2.23. The Labute approximate surface area is 121 Å². The molecule has 1 aliphatic rings. The standard InChI is InChI=1S/C16H25N3O/c1-18(2)13-10-8-12(9-11-13)16(20)19(3)15-7-5-4-6-14(15)17/h8-11,14-15H,4-7,17H2,1-3H3. The van der Waals surface area contributed by atoms with Crippen LogP contribution < -0.4 is 10.6 Å². The highest BCUT2D eigenvalue weighted by Gasteiger charge is 2.28. The van der Waals surface area contributed by atoms with Gasteiger partial charge in [0.25, 0.3) is 5.91 Å². The molecule has 0 radical (unpaired) electrons. The molecule has 0 aromatic heterocycles. The maximum Gasteiger partial charge on any atom is 0.253 e. The third kappa shape index (κ3) is 3.12. The predicted octanol–water partition coefficient (Wildman–Crippen LogP) is 2.09. The molecule has 2 N–H and O–H groups in total. The van der Waals surface area contributed by atoms with Gasteiger partial charge in [0.1, 0.15) is 0 Å². The molecule has 0 aliphatic heterocycles. The van der Waals surface area contributed by atoms with Gasteiger partial charge in [-0.25, -0.2) is 0 Å². The van der Waals surface area contributed by atoms with E-state index in [0.717, 1.165) is 30.5 Å². The lowest BCUT2D eigenvalue weighted by molar-refractivity contribution is 0.0672. The molecule has 1 aliphatic carbocycles. The average Bonchev–Trinajstić information content (AvgIpc) is 2.46. The normalized spacial score (nSPS) is 22.4. The van der Waals surface area contributed by atoms with Crippen LogP contribution in [0.4, 0.5) is 5.69 Å². The van der Waals surface area contributed by atoms with Crippen LogP contribution >= 0.6 is 0 Å². The summed E-state index contributed by atoms with van der Waals surface area (Å²) in [5, 5.41) is 0. The minimum atomic E-state index is 0.0673. The van der Waals surface area contributed by atoms with Gasteiger partial charge in [0, 0.05) is 44.5 Å². The molecule has 20 heavy (non-hydrogen) atoms. The molecule has 1 amide bonds. The van der Waals surface area contributed by atoms with Crippen LogP contribution in [0, 0.1) is 0 Å². The number of amides is 1. The minimum absolute atomic E-state index is 0.0673. The molecule has 2 unspecified atom stereocenters. The van der Waals surface area contributed by atoms with E-state index in [1.807, 2.05) is 55.2 Å². The molecule has 2 rings (SSSR count). The monoisotopic (exact) mass is 275 g/mol. The third-order valence-corrected chi connectivity index (χ3v) is 4.23. The van der Waals surface area contributed by atoms with Crippen LogP contribution in [0.3, 0.4) is 0 Å². The second kappa shape index (κ2) is 6.27. The van der Waals surface area contributed by atoms with Gasteiger partial charge in [-0.3, -0.25) is 4.79 Å². The fourth-order valence-electron chi connectivity index (χ4n) is 2.88. The molecule has 1 aromatic rings. The summed E-state index contributed by atoms with van der Waals surface area (Å²) in [7, 11) is 5.85. The first-order valence-electron chi connectivity index (χ1n) is 7.31. The molecule has 0 spiro atoms. The maximum absolute atomic E-state index is 12.5. The van der Waals surface area contributed by atoms with Crippen molar-refractivity contribution in [3.63, 3.8) is 0 Å². The van der Waals surface area contributed by atoms with Crippen LogP contribution in [-0.4, -0.2) is 44.0 Å². The Hall–Kier alpha value is -1.55. The van der Waals surface area contributed by atoms with Crippen molar-refractivity contribution in [3.8, 4) is 0 Å². The Bertz CT molecular complexity index is 455.